The van der Waals surface area contributed by atoms with E-state index in [0.717, 1.165) is 23.1 Å². The number of hydrogen-bond acceptors (Lipinski definition) is 5. The van der Waals surface area contributed by atoms with Crippen LogP contribution in [0.1, 0.15) is 80.0 Å². The van der Waals surface area contributed by atoms with Crippen LogP contribution in [0.15, 0.2) is 36.4 Å². The van der Waals surface area contributed by atoms with Crippen molar-refractivity contribution in [1.82, 2.24) is 9.80 Å². The summed E-state index contributed by atoms with van der Waals surface area (Å²) in [4.78, 5) is 28.4. The highest BCUT2D eigenvalue weighted by Crippen LogP contribution is 2.40. The van der Waals surface area contributed by atoms with E-state index >= 15 is 0 Å². The van der Waals surface area contributed by atoms with Gasteiger partial charge in [0.25, 0.3) is 0 Å². The van der Waals surface area contributed by atoms with Crippen molar-refractivity contribution in [2.75, 3.05) is 19.7 Å². The average Bonchev–Trinajstić information content (AvgIpc) is 3.21. The summed E-state index contributed by atoms with van der Waals surface area (Å²) in [6.07, 6.45) is -10.2. The van der Waals surface area contributed by atoms with E-state index in [1.54, 1.807) is 6.92 Å². The van der Waals surface area contributed by atoms with Gasteiger partial charge in [0, 0.05) is 12.6 Å². The average molecular weight is 619 g/mol. The molecule has 236 valence electrons. The Balaban J connectivity index is 1.63. The van der Waals surface area contributed by atoms with Crippen LogP contribution >= 0.6 is 0 Å². The fraction of sp³-hybridized carbons (Fsp3) is 0.533. The molecule has 6 nitrogen and oxygen atoms in total. The molecule has 2 aromatic rings. The number of ether oxygens (including phenoxy) is 2. The summed E-state index contributed by atoms with van der Waals surface area (Å²) in [7, 11) is 0. The summed E-state index contributed by atoms with van der Waals surface area (Å²) < 4.78 is 106. The molecular formula is C30H33F7N2O4. The van der Waals surface area contributed by atoms with Gasteiger partial charge in [-0.1, -0.05) is 13.0 Å². The lowest BCUT2D eigenvalue weighted by Gasteiger charge is -2.38. The van der Waals surface area contributed by atoms with Gasteiger partial charge in [-0.3, -0.25) is 14.6 Å². The molecule has 2 heterocycles. The minimum atomic E-state index is -4.84. The van der Waals surface area contributed by atoms with Crippen molar-refractivity contribution >= 4 is 12.1 Å². The number of amides is 1. The standard InChI is InChI=1S/C30H33F7N2O4/c1-4-25(38-10-8-18(9-11-38)27(40)42-5-2)24-7-6-21(29(32,33)34)13-20(24)16-39-17(3)26(43-28(39)41)19-12-22(30(35,36)37)15-23(31)14-19/h6-7,12-15,17-18,25-26H,4-5,8-11,16H2,1-3H3/t17-,25?,26-/m0/s1. The molecule has 2 saturated heterocycles. The minimum Gasteiger partial charge on any atom is -0.466 e. The second-order valence-corrected chi connectivity index (χ2v) is 10.8. The third kappa shape index (κ3) is 7.25. The van der Waals surface area contributed by atoms with Crippen LogP contribution in [0.2, 0.25) is 0 Å². The number of rotatable bonds is 8. The van der Waals surface area contributed by atoms with Crippen LogP contribution in [0, 0.1) is 11.7 Å². The maximum Gasteiger partial charge on any atom is 0.416 e. The Morgan fingerprint density at radius 3 is 2.23 bits per heavy atom. The first-order valence-corrected chi connectivity index (χ1v) is 14.1. The zero-order valence-corrected chi connectivity index (χ0v) is 23.9. The smallest absolute Gasteiger partial charge is 0.416 e. The van der Waals surface area contributed by atoms with E-state index in [1.165, 1.54) is 13.0 Å². The maximum absolute atomic E-state index is 14.1. The molecule has 0 spiro atoms. The largest absolute Gasteiger partial charge is 0.466 e. The number of carbonyl (C=O) groups excluding carboxylic acids is 2. The van der Waals surface area contributed by atoms with Gasteiger partial charge in [-0.05, 0) is 93.2 Å². The lowest BCUT2D eigenvalue weighted by atomic mass is 9.90. The fourth-order valence-corrected chi connectivity index (χ4v) is 5.91. The summed E-state index contributed by atoms with van der Waals surface area (Å²) in [6, 6.07) is 3.96. The number of alkyl halides is 6. The molecule has 2 fully saturated rings. The third-order valence-corrected chi connectivity index (χ3v) is 8.11. The fourth-order valence-electron chi connectivity index (χ4n) is 5.91. The number of hydrogen-bond donors (Lipinski definition) is 0. The SMILES string of the molecule is CCOC(=O)C1CCN(C(CC)c2ccc(C(F)(F)F)cc2CN2C(=O)O[C@H](c3cc(F)cc(C(F)(F)F)c3)[C@@H]2C)CC1. The molecule has 13 heteroatoms. The molecule has 3 atom stereocenters. The molecule has 0 aromatic heterocycles. The first kappa shape index (κ1) is 32.6. The molecule has 0 aliphatic carbocycles. The lowest BCUT2D eigenvalue weighted by Crippen LogP contribution is -2.40. The van der Waals surface area contributed by atoms with Crippen molar-refractivity contribution in [2.24, 2.45) is 5.92 Å². The van der Waals surface area contributed by atoms with Gasteiger partial charge >= 0.3 is 24.4 Å². The Hall–Kier alpha value is -3.35. The Morgan fingerprint density at radius 1 is 1.00 bits per heavy atom. The summed E-state index contributed by atoms with van der Waals surface area (Å²) in [5, 5.41) is 0. The highest BCUT2D eigenvalue weighted by atomic mass is 19.4. The van der Waals surface area contributed by atoms with Gasteiger partial charge in [-0.25, -0.2) is 9.18 Å². The molecule has 43 heavy (non-hydrogen) atoms. The minimum absolute atomic E-state index is 0.203. The Bertz CT molecular complexity index is 1320. The molecule has 0 N–H and O–H groups in total. The highest BCUT2D eigenvalue weighted by Gasteiger charge is 2.42. The predicted molar refractivity (Wildman–Crippen MR) is 141 cm³/mol. The number of likely N-dealkylation sites (tertiary alicyclic amines) is 1. The van der Waals surface area contributed by atoms with Crippen molar-refractivity contribution < 1.29 is 49.8 Å². The van der Waals surface area contributed by atoms with E-state index in [2.05, 4.69) is 4.90 Å². The molecule has 0 bridgehead atoms. The summed E-state index contributed by atoms with van der Waals surface area (Å²) in [6.45, 7) is 6.07. The van der Waals surface area contributed by atoms with E-state index in [9.17, 15) is 40.3 Å². The topological polar surface area (TPSA) is 59.1 Å². The van der Waals surface area contributed by atoms with E-state index in [1.807, 2.05) is 6.92 Å². The van der Waals surface area contributed by atoms with Gasteiger partial charge in [0.15, 0.2) is 0 Å². The quantitative estimate of drug-likeness (QED) is 0.225. The predicted octanol–water partition coefficient (Wildman–Crippen LogP) is 7.67. The zero-order valence-electron chi connectivity index (χ0n) is 23.9. The normalized spacial score (nSPS) is 21.2. The molecule has 4 rings (SSSR count). The van der Waals surface area contributed by atoms with Crippen LogP contribution in [-0.2, 0) is 33.2 Å². The highest BCUT2D eigenvalue weighted by molar-refractivity contribution is 5.72. The first-order chi connectivity index (χ1) is 20.1. The van der Waals surface area contributed by atoms with E-state index in [4.69, 9.17) is 9.47 Å². The Kier molecular flexibility index (Phi) is 9.63. The van der Waals surface area contributed by atoms with Crippen molar-refractivity contribution in [3.63, 3.8) is 0 Å². The van der Waals surface area contributed by atoms with E-state index < -0.39 is 47.5 Å². The number of esters is 1. The second-order valence-electron chi connectivity index (χ2n) is 10.8. The van der Waals surface area contributed by atoms with Crippen LogP contribution in [0.4, 0.5) is 35.5 Å². The number of carbonyl (C=O) groups is 2. The van der Waals surface area contributed by atoms with Crippen LogP contribution in [-0.4, -0.2) is 47.6 Å². The van der Waals surface area contributed by atoms with Gasteiger partial charge in [0.2, 0.25) is 0 Å². The zero-order chi connectivity index (χ0) is 31.7. The molecule has 2 aromatic carbocycles. The Labute approximate surface area is 244 Å². The molecule has 0 saturated carbocycles. The molecule has 2 aliphatic heterocycles. The van der Waals surface area contributed by atoms with Crippen molar-refractivity contribution in [1.29, 1.82) is 0 Å². The first-order valence-electron chi connectivity index (χ1n) is 14.1. The second kappa shape index (κ2) is 12.7. The van der Waals surface area contributed by atoms with Gasteiger partial charge in [-0.15, -0.1) is 0 Å². The number of cyclic esters (lactones) is 1. The van der Waals surface area contributed by atoms with Crippen molar-refractivity contribution in [2.45, 2.75) is 77.1 Å². The van der Waals surface area contributed by atoms with Crippen LogP contribution < -0.4 is 0 Å². The molecule has 0 radical (unpaired) electrons. The monoisotopic (exact) mass is 618 g/mol. The maximum atomic E-state index is 14.1. The van der Waals surface area contributed by atoms with Gasteiger partial charge in [0.05, 0.1) is 29.7 Å². The number of piperidine rings is 1. The van der Waals surface area contributed by atoms with Crippen LogP contribution in [0.5, 0.6) is 0 Å². The summed E-state index contributed by atoms with van der Waals surface area (Å²) >= 11 is 0. The van der Waals surface area contributed by atoms with Gasteiger partial charge < -0.3 is 9.47 Å². The van der Waals surface area contributed by atoms with Gasteiger partial charge in [0.1, 0.15) is 11.9 Å². The number of halogens is 7. The number of benzene rings is 2. The summed E-state index contributed by atoms with van der Waals surface area (Å²) in [5.41, 5.74) is -1.62. The van der Waals surface area contributed by atoms with Crippen LogP contribution in [0.3, 0.4) is 0 Å². The van der Waals surface area contributed by atoms with Crippen molar-refractivity contribution in [3.05, 3.63) is 70.0 Å². The van der Waals surface area contributed by atoms with E-state index in [0.29, 0.717) is 50.0 Å². The van der Waals surface area contributed by atoms with E-state index in [-0.39, 0.29) is 42.2 Å². The molecule has 1 amide bonds. The van der Waals surface area contributed by atoms with Crippen LogP contribution in [0.25, 0.3) is 0 Å². The third-order valence-electron chi connectivity index (χ3n) is 8.11. The summed E-state index contributed by atoms with van der Waals surface area (Å²) in [5.74, 6) is -1.70. The number of nitrogens with zero attached hydrogens (tertiary/aromatic N) is 2. The lowest BCUT2D eigenvalue weighted by molar-refractivity contribution is -0.150. The molecule has 1 unspecified atom stereocenters. The van der Waals surface area contributed by atoms with Gasteiger partial charge in [-0.2, -0.15) is 26.3 Å². The van der Waals surface area contributed by atoms with Crippen molar-refractivity contribution in [3.8, 4) is 0 Å². The molecular weight excluding hydrogens is 585 g/mol. The molecule has 2 aliphatic rings. The Morgan fingerprint density at radius 2 is 1.65 bits per heavy atom.